The largest absolute Gasteiger partial charge is 0.334 e. The molecule has 0 spiro atoms. The van der Waals surface area contributed by atoms with Crippen LogP contribution in [-0.4, -0.2) is 15.1 Å². The highest BCUT2D eigenvalue weighted by molar-refractivity contribution is 9.10. The second-order valence-corrected chi connectivity index (χ2v) is 5.68. The summed E-state index contributed by atoms with van der Waals surface area (Å²) in [6.45, 7) is 0. The van der Waals surface area contributed by atoms with Gasteiger partial charge in [0.15, 0.2) is 0 Å². The van der Waals surface area contributed by atoms with E-state index in [0.29, 0.717) is 11.4 Å². The first kappa shape index (κ1) is 14.7. The zero-order valence-corrected chi connectivity index (χ0v) is 13.2. The highest BCUT2D eigenvalue weighted by Crippen LogP contribution is 2.30. The van der Waals surface area contributed by atoms with Gasteiger partial charge in [0.1, 0.15) is 5.02 Å². The van der Waals surface area contributed by atoms with Crippen LogP contribution in [0.5, 0.6) is 0 Å². The molecule has 0 aliphatic rings. The van der Waals surface area contributed by atoms with Gasteiger partial charge in [-0.1, -0.05) is 44.8 Å². The molecule has 3 rings (SSSR count). The van der Waals surface area contributed by atoms with Crippen LogP contribution in [0.3, 0.4) is 0 Å². The highest BCUT2D eigenvalue weighted by Gasteiger charge is 2.17. The quantitative estimate of drug-likeness (QED) is 0.484. The van der Waals surface area contributed by atoms with Crippen molar-refractivity contribution in [2.45, 2.75) is 0 Å². The molecule has 110 valence electrons. The molecule has 0 N–H and O–H groups in total. The Kier molecular flexibility index (Phi) is 3.91. The molecule has 0 saturated heterocycles. The molecule has 0 unspecified atom stereocenters. The van der Waals surface area contributed by atoms with Crippen LogP contribution in [-0.2, 0) is 0 Å². The monoisotopic (exact) mass is 379 g/mol. The Hall–Kier alpha value is -2.25. The van der Waals surface area contributed by atoms with E-state index in [-0.39, 0.29) is 16.6 Å². The van der Waals surface area contributed by atoms with E-state index in [1.165, 1.54) is 12.1 Å². The van der Waals surface area contributed by atoms with E-state index in [1.54, 1.807) is 6.07 Å². The number of aromatic nitrogens is 2. The fourth-order valence-electron chi connectivity index (χ4n) is 1.87. The first-order valence-corrected chi connectivity index (χ1v) is 7.25. The molecule has 0 atom stereocenters. The van der Waals surface area contributed by atoms with Gasteiger partial charge in [-0.15, -0.1) is 0 Å². The topological polar surface area (TPSA) is 82.1 Å². The maximum Gasteiger partial charge on any atom is 0.288 e. The Labute approximate surface area is 138 Å². The van der Waals surface area contributed by atoms with Gasteiger partial charge >= 0.3 is 0 Å². The average Bonchev–Trinajstić information content (AvgIpc) is 2.97. The van der Waals surface area contributed by atoms with Gasteiger partial charge in [-0.3, -0.25) is 10.1 Å². The van der Waals surface area contributed by atoms with Gasteiger partial charge in [-0.05, 0) is 24.3 Å². The molecule has 0 aliphatic heterocycles. The highest BCUT2D eigenvalue weighted by atomic mass is 79.9. The number of benzene rings is 2. The summed E-state index contributed by atoms with van der Waals surface area (Å²) in [6, 6.07) is 11.7. The lowest BCUT2D eigenvalue weighted by atomic mass is 10.2. The number of hydrogen-bond acceptors (Lipinski definition) is 5. The predicted molar refractivity (Wildman–Crippen MR) is 84.5 cm³/mol. The number of nitro groups is 1. The third-order valence-corrected chi connectivity index (χ3v) is 3.71. The standard InChI is InChI=1S/C14H7BrClN3O3/c15-10-3-1-2-8(6-10)13-17-14(22-18-13)9-4-5-11(16)12(7-9)19(20)21/h1-7H. The molecular weight excluding hydrogens is 374 g/mol. The van der Waals surface area contributed by atoms with Crippen molar-refractivity contribution in [2.24, 2.45) is 0 Å². The van der Waals surface area contributed by atoms with Crippen LogP contribution in [0.4, 0.5) is 5.69 Å². The predicted octanol–water partition coefficient (Wildman–Crippen LogP) is 4.73. The van der Waals surface area contributed by atoms with Crippen molar-refractivity contribution in [3.05, 3.63) is 62.1 Å². The van der Waals surface area contributed by atoms with Gasteiger partial charge in [0.2, 0.25) is 5.82 Å². The lowest BCUT2D eigenvalue weighted by Gasteiger charge is -1.97. The first-order valence-electron chi connectivity index (χ1n) is 6.08. The Morgan fingerprint density at radius 3 is 2.73 bits per heavy atom. The SMILES string of the molecule is O=[N+]([O-])c1cc(-c2nc(-c3cccc(Br)c3)no2)ccc1Cl. The van der Waals surface area contributed by atoms with Gasteiger partial charge in [-0.2, -0.15) is 4.98 Å². The van der Waals surface area contributed by atoms with Crippen molar-refractivity contribution < 1.29 is 9.45 Å². The Morgan fingerprint density at radius 1 is 1.18 bits per heavy atom. The summed E-state index contributed by atoms with van der Waals surface area (Å²) in [5.74, 6) is 0.587. The first-order chi connectivity index (χ1) is 10.5. The number of halogens is 2. The Balaban J connectivity index is 2.01. The molecule has 1 aromatic heterocycles. The molecule has 8 heteroatoms. The number of nitrogens with zero attached hydrogens (tertiary/aromatic N) is 3. The third kappa shape index (κ3) is 2.86. The van der Waals surface area contributed by atoms with Crippen molar-refractivity contribution in [2.75, 3.05) is 0 Å². The molecule has 1 heterocycles. The molecular formula is C14H7BrClN3O3. The molecule has 0 fully saturated rings. The summed E-state index contributed by atoms with van der Waals surface area (Å²) < 4.78 is 6.06. The van der Waals surface area contributed by atoms with Crippen LogP contribution in [0.15, 0.2) is 51.5 Å². The van der Waals surface area contributed by atoms with Crippen LogP contribution in [0, 0.1) is 10.1 Å². The molecule has 0 bridgehead atoms. The summed E-state index contributed by atoms with van der Waals surface area (Å²) in [5.41, 5.74) is 0.999. The van der Waals surface area contributed by atoms with E-state index in [1.807, 2.05) is 24.3 Å². The van der Waals surface area contributed by atoms with Crippen LogP contribution in [0.1, 0.15) is 0 Å². The smallest absolute Gasteiger partial charge is 0.288 e. The fraction of sp³-hybridized carbons (Fsp3) is 0. The summed E-state index contributed by atoms with van der Waals surface area (Å²) in [7, 11) is 0. The number of rotatable bonds is 3. The second kappa shape index (κ2) is 5.86. The van der Waals surface area contributed by atoms with Crippen molar-refractivity contribution in [1.82, 2.24) is 10.1 Å². The van der Waals surface area contributed by atoms with Crippen molar-refractivity contribution >= 4 is 33.2 Å². The van der Waals surface area contributed by atoms with Crippen LogP contribution < -0.4 is 0 Å². The molecule has 0 saturated carbocycles. The van der Waals surface area contributed by atoms with Gasteiger partial charge < -0.3 is 4.52 Å². The van der Waals surface area contributed by atoms with Crippen molar-refractivity contribution in [3.8, 4) is 22.8 Å². The second-order valence-electron chi connectivity index (χ2n) is 4.36. The number of hydrogen-bond donors (Lipinski definition) is 0. The molecule has 6 nitrogen and oxygen atoms in total. The van der Waals surface area contributed by atoms with E-state index < -0.39 is 4.92 Å². The van der Waals surface area contributed by atoms with Crippen LogP contribution in [0.2, 0.25) is 5.02 Å². The third-order valence-electron chi connectivity index (χ3n) is 2.90. The van der Waals surface area contributed by atoms with Crippen LogP contribution >= 0.6 is 27.5 Å². The van der Waals surface area contributed by atoms with E-state index in [9.17, 15) is 10.1 Å². The molecule has 3 aromatic rings. The Bertz CT molecular complexity index is 866. The summed E-state index contributed by atoms with van der Waals surface area (Å²) in [4.78, 5) is 14.6. The average molecular weight is 381 g/mol. The summed E-state index contributed by atoms with van der Waals surface area (Å²) in [6.07, 6.45) is 0. The van der Waals surface area contributed by atoms with E-state index >= 15 is 0 Å². The van der Waals surface area contributed by atoms with Gasteiger partial charge in [0.05, 0.1) is 4.92 Å². The summed E-state index contributed by atoms with van der Waals surface area (Å²) >= 11 is 9.15. The molecule has 22 heavy (non-hydrogen) atoms. The minimum absolute atomic E-state index is 0.0560. The minimum atomic E-state index is -0.558. The normalized spacial score (nSPS) is 10.6. The zero-order valence-electron chi connectivity index (χ0n) is 10.9. The van der Waals surface area contributed by atoms with Gasteiger partial charge in [0, 0.05) is 21.7 Å². The van der Waals surface area contributed by atoms with E-state index in [4.69, 9.17) is 16.1 Å². The summed E-state index contributed by atoms with van der Waals surface area (Å²) in [5, 5.41) is 14.9. The molecule has 2 aromatic carbocycles. The van der Waals surface area contributed by atoms with Crippen LogP contribution in [0.25, 0.3) is 22.8 Å². The fourth-order valence-corrected chi connectivity index (χ4v) is 2.46. The lowest BCUT2D eigenvalue weighted by Crippen LogP contribution is -1.90. The van der Waals surface area contributed by atoms with Crippen molar-refractivity contribution in [3.63, 3.8) is 0 Å². The zero-order chi connectivity index (χ0) is 15.7. The molecule has 0 amide bonds. The Morgan fingerprint density at radius 2 is 2.00 bits per heavy atom. The van der Waals surface area contributed by atoms with E-state index in [2.05, 4.69) is 26.1 Å². The maximum atomic E-state index is 10.9. The van der Waals surface area contributed by atoms with Gasteiger partial charge in [0.25, 0.3) is 11.6 Å². The number of nitro benzene ring substituents is 1. The van der Waals surface area contributed by atoms with Gasteiger partial charge in [-0.25, -0.2) is 0 Å². The molecule has 0 aliphatic carbocycles. The lowest BCUT2D eigenvalue weighted by molar-refractivity contribution is -0.384. The minimum Gasteiger partial charge on any atom is -0.334 e. The molecule has 0 radical (unpaired) electrons. The van der Waals surface area contributed by atoms with Crippen molar-refractivity contribution in [1.29, 1.82) is 0 Å². The maximum absolute atomic E-state index is 10.9. The van der Waals surface area contributed by atoms with E-state index in [0.717, 1.165) is 10.0 Å².